The predicted molar refractivity (Wildman–Crippen MR) is 77.4 cm³/mol. The Morgan fingerprint density at radius 3 is 2.06 bits per heavy atom. The van der Waals surface area contributed by atoms with Gasteiger partial charge in [0, 0.05) is 5.56 Å². The fourth-order valence-corrected chi connectivity index (χ4v) is 1.31. The minimum Gasteiger partial charge on any atom is -0.464 e. The van der Waals surface area contributed by atoms with Crippen molar-refractivity contribution in [3.8, 4) is 0 Å². The molecule has 1 aromatic heterocycles. The van der Waals surface area contributed by atoms with Crippen molar-refractivity contribution in [3.63, 3.8) is 0 Å². The maximum absolute atomic E-state index is 11.2. The zero-order chi connectivity index (χ0) is 14.9. The number of nitrogen functional groups attached to an aromatic ring is 1. The van der Waals surface area contributed by atoms with Crippen molar-refractivity contribution in [1.82, 2.24) is 4.98 Å². The second-order valence-corrected chi connectivity index (χ2v) is 3.33. The minimum absolute atomic E-state index is 0.0673. The number of hydrogen-bond donors (Lipinski definition) is 1. The number of nitrogens with zero attached hydrogens (tertiary/aromatic N) is 1. The second kappa shape index (κ2) is 9.97. The van der Waals surface area contributed by atoms with Crippen LogP contribution in [0.25, 0.3) is 0 Å². The number of rotatable bonds is 1. The molecule has 0 radical (unpaired) electrons. The van der Waals surface area contributed by atoms with Gasteiger partial charge in [-0.25, -0.2) is 9.78 Å². The molecule has 104 valence electrons. The van der Waals surface area contributed by atoms with E-state index in [4.69, 9.17) is 28.9 Å². The van der Waals surface area contributed by atoms with Crippen molar-refractivity contribution < 1.29 is 9.53 Å². The molecule has 0 fully saturated rings. The van der Waals surface area contributed by atoms with Crippen LogP contribution in [0.15, 0.2) is 0 Å². The molecular weight excluding hydrogens is 275 g/mol. The Bertz CT molecular complexity index is 396. The van der Waals surface area contributed by atoms with Gasteiger partial charge in [0.15, 0.2) is 5.69 Å². The first-order valence-corrected chi connectivity index (χ1v) is 6.44. The van der Waals surface area contributed by atoms with E-state index in [-0.39, 0.29) is 21.6 Å². The number of methoxy groups -OCH3 is 1. The summed E-state index contributed by atoms with van der Waals surface area (Å²) in [4.78, 5) is 14.9. The Balaban J connectivity index is 0. The van der Waals surface area contributed by atoms with Gasteiger partial charge in [-0.1, -0.05) is 50.9 Å². The normalized spacial score (nSPS) is 8.44. The maximum Gasteiger partial charge on any atom is 0.358 e. The molecule has 1 heterocycles. The molecule has 0 aliphatic carbocycles. The van der Waals surface area contributed by atoms with Crippen LogP contribution in [-0.2, 0) is 4.74 Å². The molecule has 0 aliphatic heterocycles. The summed E-state index contributed by atoms with van der Waals surface area (Å²) in [6.45, 7) is 9.66. The number of anilines is 1. The summed E-state index contributed by atoms with van der Waals surface area (Å²) in [5, 5.41) is 0.214. The molecule has 0 aromatic carbocycles. The number of carbonyl (C=O) groups is 1. The number of ether oxygens (including phenoxy) is 1. The standard InChI is InChI=1S/C8H8Cl2N2O2.2C2H6/c1-3-5(11)4(9)6(8(13)14-2)12-7(3)10;2*1-2/h1-2H3,(H2,11,12);2*1-2H3. The average Bonchev–Trinajstić information content (AvgIpc) is 2.44. The molecule has 0 spiro atoms. The zero-order valence-corrected chi connectivity index (χ0v) is 13.1. The minimum atomic E-state index is -0.663. The Labute approximate surface area is 118 Å². The van der Waals surface area contributed by atoms with Crippen LogP contribution < -0.4 is 5.73 Å². The second-order valence-electron chi connectivity index (χ2n) is 2.60. The molecule has 1 aromatic rings. The van der Waals surface area contributed by atoms with Gasteiger partial charge in [-0.05, 0) is 6.92 Å². The van der Waals surface area contributed by atoms with E-state index in [0.717, 1.165) is 0 Å². The molecule has 0 saturated carbocycles. The number of aromatic nitrogens is 1. The van der Waals surface area contributed by atoms with Crippen LogP contribution in [0.2, 0.25) is 10.2 Å². The van der Waals surface area contributed by atoms with Crippen LogP contribution in [0.5, 0.6) is 0 Å². The molecule has 0 atom stereocenters. The van der Waals surface area contributed by atoms with Gasteiger partial charge in [-0.3, -0.25) is 0 Å². The molecule has 2 N–H and O–H groups in total. The molecule has 0 bridgehead atoms. The predicted octanol–water partition coefficient (Wildman–Crippen LogP) is 4.12. The van der Waals surface area contributed by atoms with Crippen molar-refractivity contribution in [2.24, 2.45) is 0 Å². The topological polar surface area (TPSA) is 65.2 Å². The third kappa shape index (κ3) is 4.70. The Morgan fingerprint density at radius 1 is 1.22 bits per heavy atom. The van der Waals surface area contributed by atoms with E-state index in [1.165, 1.54) is 7.11 Å². The number of esters is 1. The summed E-state index contributed by atoms with van der Waals surface area (Å²) in [6.07, 6.45) is 0. The van der Waals surface area contributed by atoms with Crippen molar-refractivity contribution in [1.29, 1.82) is 0 Å². The van der Waals surface area contributed by atoms with Crippen LogP contribution >= 0.6 is 23.2 Å². The molecule has 4 nitrogen and oxygen atoms in total. The number of halogens is 2. The highest BCUT2D eigenvalue weighted by Gasteiger charge is 2.18. The first kappa shape index (κ1) is 19.3. The molecule has 0 amide bonds. The summed E-state index contributed by atoms with van der Waals surface area (Å²) < 4.78 is 4.47. The third-order valence-electron chi connectivity index (χ3n) is 1.75. The molecule has 0 unspecified atom stereocenters. The monoisotopic (exact) mass is 294 g/mol. The van der Waals surface area contributed by atoms with Crippen molar-refractivity contribution >= 4 is 34.9 Å². The summed E-state index contributed by atoms with van der Waals surface area (Å²) in [5.74, 6) is -0.663. The van der Waals surface area contributed by atoms with Crippen LogP contribution in [0, 0.1) is 6.92 Å². The summed E-state index contributed by atoms with van der Waals surface area (Å²) in [5.41, 5.74) is 6.33. The van der Waals surface area contributed by atoms with E-state index in [2.05, 4.69) is 9.72 Å². The van der Waals surface area contributed by atoms with Gasteiger partial charge in [0.1, 0.15) is 5.15 Å². The van der Waals surface area contributed by atoms with E-state index in [9.17, 15) is 4.79 Å². The van der Waals surface area contributed by atoms with Gasteiger partial charge < -0.3 is 10.5 Å². The van der Waals surface area contributed by atoms with Gasteiger partial charge in [-0.2, -0.15) is 0 Å². The zero-order valence-electron chi connectivity index (χ0n) is 11.6. The smallest absolute Gasteiger partial charge is 0.358 e. The lowest BCUT2D eigenvalue weighted by atomic mass is 10.2. The van der Waals surface area contributed by atoms with Crippen molar-refractivity contribution in [2.75, 3.05) is 12.8 Å². The van der Waals surface area contributed by atoms with E-state index >= 15 is 0 Å². The van der Waals surface area contributed by atoms with Crippen LogP contribution in [0.4, 0.5) is 5.69 Å². The molecule has 0 aliphatic rings. The summed E-state index contributed by atoms with van der Waals surface area (Å²) >= 11 is 11.5. The molecule has 0 saturated heterocycles. The van der Waals surface area contributed by atoms with E-state index in [1.807, 2.05) is 27.7 Å². The number of hydrogen-bond acceptors (Lipinski definition) is 4. The van der Waals surface area contributed by atoms with Gasteiger partial charge in [-0.15, -0.1) is 0 Å². The van der Waals surface area contributed by atoms with E-state index in [1.54, 1.807) is 6.92 Å². The first-order chi connectivity index (χ1) is 8.49. The highest BCUT2D eigenvalue weighted by Crippen LogP contribution is 2.29. The fourth-order valence-electron chi connectivity index (χ4n) is 0.866. The Kier molecular flexibility index (Phi) is 10.7. The SMILES string of the molecule is CC.CC.COC(=O)c1nc(Cl)c(C)c(N)c1Cl. The Morgan fingerprint density at radius 2 is 1.67 bits per heavy atom. The largest absolute Gasteiger partial charge is 0.464 e. The quantitative estimate of drug-likeness (QED) is 0.625. The lowest BCUT2D eigenvalue weighted by molar-refractivity contribution is 0.0594. The number of nitrogens with two attached hydrogens (primary N) is 1. The average molecular weight is 295 g/mol. The maximum atomic E-state index is 11.2. The van der Waals surface area contributed by atoms with E-state index < -0.39 is 5.97 Å². The van der Waals surface area contributed by atoms with Crippen molar-refractivity contribution in [2.45, 2.75) is 34.6 Å². The summed E-state index contributed by atoms with van der Waals surface area (Å²) in [6, 6.07) is 0. The molecular formula is C12H20Cl2N2O2. The van der Waals surface area contributed by atoms with Gasteiger partial charge >= 0.3 is 5.97 Å². The van der Waals surface area contributed by atoms with Gasteiger partial charge in [0.25, 0.3) is 0 Å². The fraction of sp³-hybridized carbons (Fsp3) is 0.500. The van der Waals surface area contributed by atoms with Crippen LogP contribution in [0.3, 0.4) is 0 Å². The first-order valence-electron chi connectivity index (χ1n) is 5.68. The third-order valence-corrected chi connectivity index (χ3v) is 2.50. The number of pyridine rings is 1. The van der Waals surface area contributed by atoms with Crippen molar-refractivity contribution in [3.05, 3.63) is 21.4 Å². The lowest BCUT2D eigenvalue weighted by Crippen LogP contribution is -2.08. The van der Waals surface area contributed by atoms with Gasteiger partial charge in [0.2, 0.25) is 0 Å². The van der Waals surface area contributed by atoms with Gasteiger partial charge in [0.05, 0.1) is 17.8 Å². The highest BCUT2D eigenvalue weighted by molar-refractivity contribution is 6.37. The highest BCUT2D eigenvalue weighted by atomic mass is 35.5. The molecule has 18 heavy (non-hydrogen) atoms. The van der Waals surface area contributed by atoms with Crippen LogP contribution in [0.1, 0.15) is 43.7 Å². The van der Waals surface area contributed by atoms with Crippen LogP contribution in [-0.4, -0.2) is 18.1 Å². The molecule has 1 rings (SSSR count). The van der Waals surface area contributed by atoms with E-state index in [0.29, 0.717) is 5.56 Å². The molecule has 6 heteroatoms. The number of carbonyl (C=O) groups excluding carboxylic acids is 1. The summed E-state index contributed by atoms with van der Waals surface area (Å²) in [7, 11) is 1.23. The lowest BCUT2D eigenvalue weighted by Gasteiger charge is -2.08. The Hall–Kier alpha value is -1.00.